The Labute approximate surface area is 219 Å². The van der Waals surface area contributed by atoms with Crippen molar-refractivity contribution in [3.63, 3.8) is 0 Å². The molecule has 2 N–H and O–H groups in total. The first-order valence-electron chi connectivity index (χ1n) is 11.0. The third kappa shape index (κ3) is 5.60. The fourth-order valence-electron chi connectivity index (χ4n) is 3.82. The Hall–Kier alpha value is -3.88. The molecule has 0 bridgehead atoms. The normalized spacial score (nSPS) is 12.4. The summed E-state index contributed by atoms with van der Waals surface area (Å²) in [6.45, 7) is 3.77. The van der Waals surface area contributed by atoms with Crippen LogP contribution in [0.3, 0.4) is 0 Å². The molecule has 0 aliphatic carbocycles. The molecule has 0 aliphatic rings. The molecule has 0 amide bonds. The van der Waals surface area contributed by atoms with Gasteiger partial charge in [0.2, 0.25) is 0 Å². The number of benzene rings is 4. The Morgan fingerprint density at radius 1 is 0.703 bits per heavy atom. The predicted molar refractivity (Wildman–Crippen MR) is 145 cm³/mol. The van der Waals surface area contributed by atoms with E-state index in [2.05, 4.69) is 0 Å². The van der Waals surface area contributed by atoms with Gasteiger partial charge in [0, 0.05) is 0 Å². The zero-order valence-electron chi connectivity index (χ0n) is 19.8. The first-order chi connectivity index (χ1) is 17.7. The fraction of sp³-hybridized carbons (Fsp3) is 0.0741. The Morgan fingerprint density at radius 3 is 1.65 bits per heavy atom. The van der Waals surface area contributed by atoms with Crippen LogP contribution in [0.2, 0.25) is 0 Å². The average Bonchev–Trinajstić information content (AvgIpc) is 2.87. The monoisotopic (exact) mass is 535 g/mol. The lowest BCUT2D eigenvalue weighted by atomic mass is 10.0. The minimum Gasteiger partial charge on any atom is -0.289 e. The number of aryl methyl sites for hydroxylation is 2. The second-order valence-electron chi connectivity index (χ2n) is 8.23. The first kappa shape index (κ1) is 26.2. The molecule has 4 aromatic carbocycles. The Morgan fingerprint density at radius 2 is 1.16 bits per heavy atom. The van der Waals surface area contributed by atoms with Gasteiger partial charge in [-0.15, -0.1) is 0 Å². The van der Waals surface area contributed by atoms with Gasteiger partial charge < -0.3 is 0 Å². The Kier molecular flexibility index (Phi) is 7.80. The Bertz CT molecular complexity index is 1540. The van der Waals surface area contributed by atoms with Crippen LogP contribution in [0.25, 0.3) is 11.1 Å². The van der Waals surface area contributed by atoms with E-state index in [-0.39, 0.29) is 16.9 Å². The predicted octanol–water partition coefficient (Wildman–Crippen LogP) is 6.53. The highest BCUT2D eigenvalue weighted by molar-refractivity contribution is 7.81. The van der Waals surface area contributed by atoms with Gasteiger partial charge in [-0.3, -0.25) is 9.11 Å². The molecule has 0 radical (unpaired) electrons. The molecule has 2 atom stereocenters. The van der Waals surface area contributed by atoms with E-state index in [1.807, 2.05) is 19.9 Å². The van der Waals surface area contributed by atoms with E-state index in [0.29, 0.717) is 22.5 Å². The van der Waals surface area contributed by atoms with Crippen LogP contribution in [0.4, 0.5) is 27.1 Å². The van der Waals surface area contributed by atoms with Crippen LogP contribution < -0.4 is 8.61 Å². The lowest BCUT2D eigenvalue weighted by Gasteiger charge is -2.28. The highest BCUT2D eigenvalue weighted by Crippen LogP contribution is 2.42. The number of nitriles is 1. The standard InChI is InChI=1S/C27H22FN3O4S2/c1-18-3-9-23(10-4-18)30(36(32)33)26-14-8-21(20-7-13-25(28)22(15-20)17-29)16-27(26)31(37(34)35)24-11-5-19(2)6-12-24/h3-16H,1-2H3,(H,32,33)(H,34,35). The second kappa shape index (κ2) is 11.0. The van der Waals surface area contributed by atoms with Crippen LogP contribution in [0, 0.1) is 31.0 Å². The van der Waals surface area contributed by atoms with Crippen LogP contribution in [0.5, 0.6) is 0 Å². The van der Waals surface area contributed by atoms with Crippen LogP contribution >= 0.6 is 0 Å². The molecule has 2 unspecified atom stereocenters. The molecule has 4 rings (SSSR count). The molecule has 0 heterocycles. The van der Waals surface area contributed by atoms with Gasteiger partial charge in [-0.1, -0.05) is 47.5 Å². The molecule has 188 valence electrons. The SMILES string of the molecule is Cc1ccc(N(c2ccc(-c3ccc(F)c(C#N)c3)cc2N(c2ccc(C)cc2)S(=O)O)S(=O)O)cc1. The van der Waals surface area contributed by atoms with Gasteiger partial charge in [0.1, 0.15) is 11.9 Å². The van der Waals surface area contributed by atoms with Crippen molar-refractivity contribution < 1.29 is 21.9 Å². The summed E-state index contributed by atoms with van der Waals surface area (Å²) < 4.78 is 62.2. The molecule has 37 heavy (non-hydrogen) atoms. The van der Waals surface area contributed by atoms with Crippen molar-refractivity contribution in [2.45, 2.75) is 13.8 Å². The van der Waals surface area contributed by atoms with Crippen LogP contribution in [0.15, 0.2) is 84.9 Å². The summed E-state index contributed by atoms with van der Waals surface area (Å²) in [5, 5.41) is 9.26. The van der Waals surface area contributed by atoms with Crippen molar-refractivity contribution in [1.82, 2.24) is 0 Å². The summed E-state index contributed by atoms with van der Waals surface area (Å²) in [6.07, 6.45) is 0. The molecule has 7 nitrogen and oxygen atoms in total. The van der Waals surface area contributed by atoms with E-state index in [1.54, 1.807) is 66.7 Å². The minimum atomic E-state index is -2.57. The number of halogens is 1. The topological polar surface area (TPSA) is 105 Å². The number of rotatable bonds is 7. The summed E-state index contributed by atoms with van der Waals surface area (Å²) in [5.41, 5.74) is 3.82. The van der Waals surface area contributed by atoms with Crippen molar-refractivity contribution in [1.29, 1.82) is 5.26 Å². The maximum atomic E-state index is 14.0. The number of anilines is 4. The molecule has 0 fully saturated rings. The second-order valence-corrected chi connectivity index (χ2v) is 9.88. The molecule has 0 saturated carbocycles. The summed E-state index contributed by atoms with van der Waals surface area (Å²) in [7, 11) is 0. The maximum absolute atomic E-state index is 14.0. The van der Waals surface area contributed by atoms with Gasteiger partial charge in [0.05, 0.1) is 28.3 Å². The summed E-state index contributed by atoms with van der Waals surface area (Å²) >= 11 is -5.11. The highest BCUT2D eigenvalue weighted by atomic mass is 32.2. The molecular weight excluding hydrogens is 513 g/mol. The summed E-state index contributed by atoms with van der Waals surface area (Å²) in [5.74, 6) is -0.665. The van der Waals surface area contributed by atoms with E-state index >= 15 is 0 Å². The van der Waals surface area contributed by atoms with E-state index in [0.717, 1.165) is 19.7 Å². The third-order valence-corrected chi connectivity index (χ3v) is 7.12. The summed E-state index contributed by atoms with van der Waals surface area (Å²) in [4.78, 5) is 0. The lowest BCUT2D eigenvalue weighted by molar-refractivity contribution is 0.562. The van der Waals surface area contributed by atoms with Crippen molar-refractivity contribution in [3.05, 3.63) is 107 Å². The first-order valence-corrected chi connectivity index (χ1v) is 13.1. The minimum absolute atomic E-state index is 0.146. The molecule has 0 spiro atoms. The number of nitrogens with zero attached hydrogens (tertiary/aromatic N) is 3. The van der Waals surface area contributed by atoms with Crippen molar-refractivity contribution in [2.24, 2.45) is 0 Å². The van der Waals surface area contributed by atoms with Gasteiger partial charge in [-0.25, -0.2) is 21.4 Å². The van der Waals surface area contributed by atoms with E-state index < -0.39 is 28.4 Å². The molecule has 4 aromatic rings. The molecule has 0 aliphatic heterocycles. The van der Waals surface area contributed by atoms with Crippen LogP contribution in [-0.4, -0.2) is 17.5 Å². The quantitative estimate of drug-likeness (QED) is 0.262. The molecular formula is C27H22FN3O4S2. The van der Waals surface area contributed by atoms with Gasteiger partial charge in [-0.2, -0.15) is 5.26 Å². The van der Waals surface area contributed by atoms with Crippen molar-refractivity contribution >= 4 is 45.3 Å². The molecule has 0 aromatic heterocycles. The molecule has 10 heteroatoms. The number of hydrogen-bond acceptors (Lipinski definition) is 3. The van der Waals surface area contributed by atoms with Gasteiger partial charge in [-0.05, 0) is 73.5 Å². The smallest absolute Gasteiger partial charge is 0.266 e. The lowest BCUT2D eigenvalue weighted by Crippen LogP contribution is -2.25. The fourth-order valence-corrected chi connectivity index (χ4v) is 5.06. The highest BCUT2D eigenvalue weighted by Gasteiger charge is 2.26. The van der Waals surface area contributed by atoms with Crippen molar-refractivity contribution in [3.8, 4) is 17.2 Å². The van der Waals surface area contributed by atoms with E-state index in [9.17, 15) is 27.2 Å². The molecule has 0 saturated heterocycles. The Balaban J connectivity index is 1.99. The zero-order valence-corrected chi connectivity index (χ0v) is 21.5. The van der Waals surface area contributed by atoms with Crippen LogP contribution in [-0.2, 0) is 22.5 Å². The maximum Gasteiger partial charge on any atom is 0.266 e. The number of hydrogen-bond donors (Lipinski definition) is 2. The largest absolute Gasteiger partial charge is 0.289 e. The summed E-state index contributed by atoms with van der Waals surface area (Å²) in [6, 6.07) is 24.4. The van der Waals surface area contributed by atoms with Crippen molar-refractivity contribution in [2.75, 3.05) is 8.61 Å². The average molecular weight is 536 g/mol. The van der Waals surface area contributed by atoms with E-state index in [4.69, 9.17) is 0 Å². The van der Waals surface area contributed by atoms with Gasteiger partial charge >= 0.3 is 0 Å². The van der Waals surface area contributed by atoms with E-state index in [1.165, 1.54) is 18.2 Å². The zero-order chi connectivity index (χ0) is 26.7. The van der Waals surface area contributed by atoms with Gasteiger partial charge in [0.25, 0.3) is 22.5 Å². The van der Waals surface area contributed by atoms with Crippen LogP contribution in [0.1, 0.15) is 16.7 Å². The third-order valence-electron chi connectivity index (χ3n) is 5.68. The van der Waals surface area contributed by atoms with Gasteiger partial charge in [0.15, 0.2) is 0 Å².